The number of pyridine rings is 5. The Morgan fingerprint density at radius 2 is 0.621 bits per heavy atom. The number of hydrogen-bond donors (Lipinski definition) is 0. The van der Waals surface area contributed by atoms with Gasteiger partial charge < -0.3 is 80.5 Å². The summed E-state index contributed by atoms with van der Waals surface area (Å²) in [6.45, 7) is 51.8. The monoisotopic (exact) mass is 2030 g/mol. The van der Waals surface area contributed by atoms with Gasteiger partial charge in [0.15, 0.2) is 0 Å². The van der Waals surface area contributed by atoms with Gasteiger partial charge in [0, 0.05) is 198 Å². The molecule has 0 amide bonds. The SMILES string of the molecule is CC(C)=Cc1cc(OC(C)C)c2ccc(OCCN3CCOCC3)c(Cl)c2n1.CC(C)Oc1cc(C2CC2)nc2c(Cl)c(OCCN3CCOCC3)ccc12.CC(C)Oc1cc(C2CCCCC2)nc2c(Cl)c(OCCN3CCOCC3)ccc12.CCOc1cc(OC(C)C)c2ccc(OCCN3CCOCC3)c(Cl)c2n1.COCCc1cc(OC(C)C)c2ccc(OCCN3CCOCC3)c(Cl)c2n1. The van der Waals surface area contributed by atoms with Gasteiger partial charge in [-0.1, -0.05) is 82.8 Å². The molecule has 27 nitrogen and oxygen atoms in total. The van der Waals surface area contributed by atoms with Crippen molar-refractivity contribution >= 4 is 119 Å². The largest absolute Gasteiger partial charge is 0.491 e. The summed E-state index contributed by atoms with van der Waals surface area (Å²) in [5.74, 6) is 8.83. The third kappa shape index (κ3) is 32.6. The summed E-state index contributed by atoms with van der Waals surface area (Å²) >= 11 is 33.5. The van der Waals surface area contributed by atoms with Crippen LogP contribution in [0.3, 0.4) is 0 Å². The normalized spacial score (nSPS) is 16.6. The van der Waals surface area contributed by atoms with Crippen LogP contribution in [0.2, 0.25) is 25.1 Å². The number of hydrogen-bond acceptors (Lipinski definition) is 27. The van der Waals surface area contributed by atoms with Crippen molar-refractivity contribution in [3.8, 4) is 63.4 Å². The van der Waals surface area contributed by atoms with E-state index in [0.717, 1.165) is 254 Å². The summed E-state index contributed by atoms with van der Waals surface area (Å²) in [4.78, 5) is 35.6. The van der Waals surface area contributed by atoms with Gasteiger partial charge in [0.05, 0.1) is 138 Å². The predicted octanol–water partition coefficient (Wildman–Crippen LogP) is 21.9. The Labute approximate surface area is 852 Å². The van der Waals surface area contributed by atoms with Gasteiger partial charge in [0.25, 0.3) is 0 Å². The van der Waals surface area contributed by atoms with E-state index in [-0.39, 0.29) is 30.5 Å². The van der Waals surface area contributed by atoms with Gasteiger partial charge in [-0.05, 0) is 182 Å². The summed E-state index contributed by atoms with van der Waals surface area (Å²) in [6, 6.07) is 29.4. The highest BCUT2D eigenvalue weighted by Crippen LogP contribution is 2.47. The minimum atomic E-state index is 0.0355. The highest BCUT2D eigenvalue weighted by Gasteiger charge is 2.30. The van der Waals surface area contributed by atoms with Crippen molar-refractivity contribution in [3.05, 3.63) is 144 Å². The zero-order valence-corrected chi connectivity index (χ0v) is 88.1. The second-order valence-electron chi connectivity index (χ2n) is 37.4. The molecule has 0 N–H and O–H groups in total. The average Bonchev–Trinajstić information content (AvgIpc) is 1.37. The van der Waals surface area contributed by atoms with Gasteiger partial charge in [0.2, 0.25) is 5.88 Å². The van der Waals surface area contributed by atoms with Crippen molar-refractivity contribution in [2.45, 2.75) is 184 Å². The van der Waals surface area contributed by atoms with E-state index in [0.29, 0.717) is 147 Å². The van der Waals surface area contributed by atoms with Gasteiger partial charge >= 0.3 is 0 Å². The zero-order chi connectivity index (χ0) is 99.0. The number of halogens is 5. The minimum Gasteiger partial charge on any atom is -0.491 e. The number of rotatable bonds is 38. The smallest absolute Gasteiger partial charge is 0.217 e. The molecule has 2 saturated carbocycles. The van der Waals surface area contributed by atoms with Crippen LogP contribution in [0, 0.1) is 0 Å². The number of methoxy groups -OCH3 is 1. The third-order valence-electron chi connectivity index (χ3n) is 24.3. The Morgan fingerprint density at radius 3 is 0.921 bits per heavy atom. The first-order chi connectivity index (χ1) is 67.8. The topological polar surface area (TPSA) is 238 Å². The van der Waals surface area contributed by atoms with E-state index in [4.69, 9.17) is 158 Å². The molecule has 0 unspecified atom stereocenters. The summed E-state index contributed by atoms with van der Waals surface area (Å²) in [6.07, 6.45) is 11.7. The molecule has 0 spiro atoms. The van der Waals surface area contributed by atoms with Gasteiger partial charge in [-0.2, -0.15) is 0 Å². The van der Waals surface area contributed by atoms with E-state index in [1.807, 2.05) is 155 Å². The Kier molecular flexibility index (Phi) is 43.3. The Balaban J connectivity index is 0.000000147. The van der Waals surface area contributed by atoms with Crippen LogP contribution in [0.15, 0.2) is 96.6 Å². The van der Waals surface area contributed by atoms with E-state index in [2.05, 4.69) is 55.5 Å². The van der Waals surface area contributed by atoms with E-state index < -0.39 is 0 Å². The van der Waals surface area contributed by atoms with E-state index in [1.54, 1.807) is 13.2 Å². The van der Waals surface area contributed by atoms with Crippen LogP contribution >= 0.6 is 58.0 Å². The van der Waals surface area contributed by atoms with Crippen LogP contribution in [0.25, 0.3) is 60.6 Å². The molecular formula is C108H145Cl5N10O17. The molecule has 0 atom stereocenters. The number of aromatic nitrogens is 5. The Bertz CT molecular complexity index is 5610. The number of benzene rings is 5. The minimum absolute atomic E-state index is 0.0355. The van der Waals surface area contributed by atoms with Crippen LogP contribution < -0.4 is 52.1 Å². The van der Waals surface area contributed by atoms with E-state index in [1.165, 1.54) is 44.9 Å². The fourth-order valence-electron chi connectivity index (χ4n) is 17.1. The highest BCUT2D eigenvalue weighted by atomic mass is 35.5. The molecule has 10 aromatic rings. The third-order valence-corrected chi connectivity index (χ3v) is 26.1. The molecule has 5 aliphatic heterocycles. The molecule has 0 radical (unpaired) electrons. The lowest BCUT2D eigenvalue weighted by atomic mass is 9.86. The number of fused-ring (bicyclic) bond motifs is 5. The number of nitrogens with zero attached hydrogens (tertiary/aromatic N) is 10. The van der Waals surface area contributed by atoms with Crippen LogP contribution in [0.5, 0.6) is 63.4 Å². The quantitative estimate of drug-likeness (QED) is 0.0349. The first kappa shape index (κ1) is 109. The van der Waals surface area contributed by atoms with Crippen molar-refractivity contribution in [2.75, 3.05) is 218 Å². The lowest BCUT2D eigenvalue weighted by Gasteiger charge is -2.26. The molecule has 140 heavy (non-hydrogen) atoms. The maximum atomic E-state index is 6.81. The van der Waals surface area contributed by atoms with Crippen molar-refractivity contribution < 1.29 is 80.5 Å². The van der Waals surface area contributed by atoms with Crippen LogP contribution in [-0.4, -0.2) is 298 Å². The Hall–Kier alpha value is -8.30. The number of allylic oxidation sites excluding steroid dienone is 1. The summed E-state index contributed by atoms with van der Waals surface area (Å²) in [7, 11) is 1.68. The molecule has 17 rings (SSSR count). The van der Waals surface area contributed by atoms with Crippen molar-refractivity contribution in [2.24, 2.45) is 0 Å². The van der Waals surface area contributed by atoms with Crippen molar-refractivity contribution in [1.82, 2.24) is 49.4 Å². The molecule has 32 heteroatoms. The fourth-order valence-corrected chi connectivity index (χ4v) is 18.4. The first-order valence-electron chi connectivity index (χ1n) is 50.2. The lowest BCUT2D eigenvalue weighted by Crippen LogP contribution is -2.38. The highest BCUT2D eigenvalue weighted by molar-refractivity contribution is 6.38. The van der Waals surface area contributed by atoms with Gasteiger partial charge in [-0.3, -0.25) is 39.5 Å². The van der Waals surface area contributed by atoms with Gasteiger partial charge in [-0.15, -0.1) is 0 Å². The number of ether oxygens (including phenoxy) is 17. The van der Waals surface area contributed by atoms with Crippen LogP contribution in [0.4, 0.5) is 0 Å². The molecule has 10 heterocycles. The second kappa shape index (κ2) is 55.7. The first-order valence-corrected chi connectivity index (χ1v) is 52.1. The average molecular weight is 2030 g/mol. The predicted molar refractivity (Wildman–Crippen MR) is 560 cm³/mol. The fraction of sp³-hybridized carbons (Fsp3) is 0.565. The molecule has 7 fully saturated rings. The summed E-state index contributed by atoms with van der Waals surface area (Å²) < 4.78 is 97.8. The zero-order valence-electron chi connectivity index (χ0n) is 84.4. The maximum absolute atomic E-state index is 6.81. The summed E-state index contributed by atoms with van der Waals surface area (Å²) in [5, 5.41) is 7.20. The Morgan fingerprint density at radius 1 is 0.336 bits per heavy atom. The maximum Gasteiger partial charge on any atom is 0.217 e. The van der Waals surface area contributed by atoms with Crippen molar-refractivity contribution in [3.63, 3.8) is 0 Å². The molecule has 5 aromatic carbocycles. The summed E-state index contributed by atoms with van der Waals surface area (Å²) in [5.41, 5.74) is 8.66. The molecule has 5 aromatic heterocycles. The number of morpholine rings is 5. The molecular weight excluding hydrogens is 1890 g/mol. The van der Waals surface area contributed by atoms with Crippen molar-refractivity contribution in [1.29, 1.82) is 0 Å². The lowest BCUT2D eigenvalue weighted by molar-refractivity contribution is 0.0322. The standard InChI is InChI=1S/C24H33ClN2O3.C22H29ClN2O3.C21H29ClN2O4.C21H27ClN2O3.C20H27ClN2O4/c1-17(2)30-22-16-20(18-6-4-3-5-7-18)26-24-19(22)8-9-21(23(24)25)29-15-12-27-10-13-28-14-11-27;1-15(2)13-17-14-20(28-16(3)4)18-5-6-19(21(23)22(18)24-17)27-12-9-25-7-10-26-11-8-25;1-15(2)28-19-14-16(6-10-25-3)23-21-17(19)4-5-18(20(21)22)27-13-9-24-7-11-26-12-8-24;1-14(2)27-19-13-17(15-3-4-15)23-21-16(19)5-6-18(20(21)22)26-12-9-24-7-10-25-11-8-24;1-4-25-18-13-17(27-14(2)3)15-5-6-16(19(21)20(15)22-18)26-12-9-23-7-10-24-11-8-23/h8-9,16-18H,3-7,10-15H2,1-2H3;5-6,13-14,16H,7-12H2,1-4H3;4-5,14-15H,6-13H2,1-3H3;5-6,13-15H,3-4,7-12H2,1-2H3;5-6,13-14H,4,7-12H2,1-3H3. The molecule has 7 aliphatic rings. The molecule has 5 saturated heterocycles. The van der Waals surface area contributed by atoms with Crippen LogP contribution in [-0.2, 0) is 34.8 Å². The second-order valence-corrected chi connectivity index (χ2v) is 39.3. The van der Waals surface area contributed by atoms with Gasteiger partial charge in [0.1, 0.15) is 121 Å². The van der Waals surface area contributed by atoms with Crippen LogP contribution in [0.1, 0.15) is 170 Å². The van der Waals surface area contributed by atoms with E-state index in [9.17, 15) is 0 Å². The molecule has 0 bridgehead atoms. The van der Waals surface area contributed by atoms with E-state index >= 15 is 0 Å². The molecule has 764 valence electrons. The molecule has 2 aliphatic carbocycles. The van der Waals surface area contributed by atoms with Gasteiger partial charge in [-0.25, -0.2) is 9.97 Å².